The molecule has 1 atom stereocenters. The Balaban J connectivity index is 0.000000604. The molecule has 1 fully saturated rings. The topological polar surface area (TPSA) is 125 Å². The third kappa shape index (κ3) is 8.08. The molecule has 0 spiro atoms. The van der Waals surface area contributed by atoms with Crippen molar-refractivity contribution in [3.05, 3.63) is 59.7 Å². The van der Waals surface area contributed by atoms with Crippen LogP contribution in [0.5, 0.6) is 11.5 Å². The summed E-state index contributed by atoms with van der Waals surface area (Å²) >= 11 is 0. The van der Waals surface area contributed by atoms with Crippen molar-refractivity contribution in [1.29, 1.82) is 0 Å². The number of likely N-dealkylation sites (tertiary alicyclic amines) is 1. The molecule has 3 rings (SSSR count). The summed E-state index contributed by atoms with van der Waals surface area (Å²) in [7, 11) is 3.34. The molecule has 1 aliphatic heterocycles. The predicted octanol–water partition coefficient (Wildman–Crippen LogP) is 2.95. The van der Waals surface area contributed by atoms with Crippen LogP contribution in [0.1, 0.15) is 36.9 Å². The number of carbonyl (C=O) groups is 3. The Morgan fingerprint density at radius 3 is 2.15 bits per heavy atom. The molecule has 0 radical (unpaired) electrons. The first kappa shape index (κ1) is 26.7. The van der Waals surface area contributed by atoms with Gasteiger partial charge < -0.3 is 25.0 Å². The molecule has 0 aromatic heterocycles. The molecule has 0 bridgehead atoms. The lowest BCUT2D eigenvalue weighted by molar-refractivity contribution is -0.159. The first-order valence-corrected chi connectivity index (χ1v) is 11.0. The zero-order chi connectivity index (χ0) is 25.1. The Morgan fingerprint density at radius 1 is 1.00 bits per heavy atom. The van der Waals surface area contributed by atoms with Crippen LogP contribution in [0.2, 0.25) is 0 Å². The second-order valence-electron chi connectivity index (χ2n) is 7.98. The van der Waals surface area contributed by atoms with Gasteiger partial charge in [-0.1, -0.05) is 36.4 Å². The third-order valence-corrected chi connectivity index (χ3v) is 5.69. The van der Waals surface area contributed by atoms with Crippen molar-refractivity contribution in [1.82, 2.24) is 10.2 Å². The highest BCUT2D eigenvalue weighted by Gasteiger charge is 2.26. The maximum Gasteiger partial charge on any atom is 0.414 e. The lowest BCUT2D eigenvalue weighted by atomic mass is 9.94. The second kappa shape index (κ2) is 13.2. The highest BCUT2D eigenvalue weighted by atomic mass is 16.5. The molecule has 0 saturated carbocycles. The smallest absolute Gasteiger partial charge is 0.414 e. The van der Waals surface area contributed by atoms with Gasteiger partial charge in [-0.2, -0.15) is 0 Å². The Labute approximate surface area is 199 Å². The van der Waals surface area contributed by atoms with E-state index in [2.05, 4.69) is 28.4 Å². The molecular formula is C25H32N2O7. The molecule has 1 amide bonds. The normalized spacial score (nSPS) is 14.8. The van der Waals surface area contributed by atoms with Crippen LogP contribution in [-0.4, -0.2) is 60.3 Å². The summed E-state index contributed by atoms with van der Waals surface area (Å²) in [5, 5.41) is 18.0. The summed E-state index contributed by atoms with van der Waals surface area (Å²) in [5.41, 5.74) is 2.28. The highest BCUT2D eigenvalue weighted by Crippen LogP contribution is 2.27. The monoisotopic (exact) mass is 472 g/mol. The summed E-state index contributed by atoms with van der Waals surface area (Å²) in [5.74, 6) is -1.76. The Hall–Kier alpha value is -3.59. The summed E-state index contributed by atoms with van der Waals surface area (Å²) in [6.45, 7) is 4.68. The van der Waals surface area contributed by atoms with Crippen LogP contribution in [0.25, 0.3) is 0 Å². The van der Waals surface area contributed by atoms with Gasteiger partial charge in [-0.25, -0.2) is 9.59 Å². The number of benzene rings is 2. The third-order valence-electron chi connectivity index (χ3n) is 5.69. The molecule has 3 N–H and O–H groups in total. The standard InChI is InChI=1S/C23H30N2O3.C2H2O4/c1-17(18-7-5-4-6-8-18)24-23(26)19-11-13-25(14-12-19)16-20-9-10-21(27-2)15-22(20)28-3;3-1(4)2(5)6/h4-10,15,17,19H,11-14,16H2,1-3H3,(H,24,26);(H,3,4)(H,5,6)/t17-;/m1./s1. The maximum absolute atomic E-state index is 12.7. The van der Waals surface area contributed by atoms with Gasteiger partial charge in [0.15, 0.2) is 0 Å². The molecule has 0 unspecified atom stereocenters. The van der Waals surface area contributed by atoms with Gasteiger partial charge in [0.2, 0.25) is 5.91 Å². The molecule has 1 aliphatic rings. The first-order chi connectivity index (χ1) is 16.2. The number of ether oxygens (including phenoxy) is 2. The lowest BCUT2D eigenvalue weighted by Gasteiger charge is -2.32. The molecule has 2 aromatic rings. The Kier molecular flexibility index (Phi) is 10.3. The minimum Gasteiger partial charge on any atom is -0.497 e. The van der Waals surface area contributed by atoms with E-state index in [1.165, 1.54) is 0 Å². The van der Waals surface area contributed by atoms with E-state index in [0.29, 0.717) is 0 Å². The number of nitrogens with zero attached hydrogens (tertiary/aromatic N) is 1. The van der Waals surface area contributed by atoms with Crippen molar-refractivity contribution in [2.45, 2.75) is 32.4 Å². The number of methoxy groups -OCH3 is 2. The molecule has 1 saturated heterocycles. The van der Waals surface area contributed by atoms with Gasteiger partial charge >= 0.3 is 11.9 Å². The van der Waals surface area contributed by atoms with Gasteiger partial charge in [-0.15, -0.1) is 0 Å². The molecule has 9 nitrogen and oxygen atoms in total. The summed E-state index contributed by atoms with van der Waals surface area (Å²) in [6, 6.07) is 16.1. The van der Waals surface area contributed by atoms with Gasteiger partial charge in [-0.05, 0) is 44.5 Å². The van der Waals surface area contributed by atoms with Gasteiger partial charge in [-0.3, -0.25) is 9.69 Å². The number of rotatable bonds is 7. The van der Waals surface area contributed by atoms with E-state index in [9.17, 15) is 4.79 Å². The second-order valence-corrected chi connectivity index (χ2v) is 7.98. The average molecular weight is 473 g/mol. The van der Waals surface area contributed by atoms with Crippen LogP contribution in [0.4, 0.5) is 0 Å². The first-order valence-electron chi connectivity index (χ1n) is 11.0. The molecule has 184 valence electrons. The van der Waals surface area contributed by atoms with Gasteiger partial charge in [0, 0.05) is 24.1 Å². The molecular weight excluding hydrogens is 440 g/mol. The summed E-state index contributed by atoms with van der Waals surface area (Å²) < 4.78 is 10.8. The number of carbonyl (C=O) groups excluding carboxylic acids is 1. The van der Waals surface area contributed by atoms with Gasteiger partial charge in [0.05, 0.1) is 20.3 Å². The summed E-state index contributed by atoms with van der Waals surface area (Å²) in [6.07, 6.45) is 1.76. The molecule has 0 aliphatic carbocycles. The van der Waals surface area contributed by atoms with Crippen molar-refractivity contribution in [3.63, 3.8) is 0 Å². The molecule has 34 heavy (non-hydrogen) atoms. The van der Waals surface area contributed by atoms with E-state index in [1.54, 1.807) is 14.2 Å². The minimum absolute atomic E-state index is 0.0373. The fraction of sp³-hybridized carbons (Fsp3) is 0.400. The van der Waals surface area contributed by atoms with Crippen molar-refractivity contribution in [2.75, 3.05) is 27.3 Å². The molecule has 9 heteroatoms. The van der Waals surface area contributed by atoms with E-state index in [-0.39, 0.29) is 17.9 Å². The number of nitrogens with one attached hydrogen (secondary N) is 1. The number of hydrogen-bond acceptors (Lipinski definition) is 6. The van der Waals surface area contributed by atoms with Crippen LogP contribution in [0.15, 0.2) is 48.5 Å². The zero-order valence-electron chi connectivity index (χ0n) is 19.7. The van der Waals surface area contributed by atoms with E-state index >= 15 is 0 Å². The largest absolute Gasteiger partial charge is 0.497 e. The minimum atomic E-state index is -1.82. The number of carboxylic acids is 2. The van der Waals surface area contributed by atoms with Gasteiger partial charge in [0.25, 0.3) is 0 Å². The van der Waals surface area contributed by atoms with Crippen LogP contribution in [0.3, 0.4) is 0 Å². The van der Waals surface area contributed by atoms with E-state index in [1.807, 2.05) is 37.3 Å². The number of carboxylic acid groups (broad SMARTS) is 2. The molecule has 1 heterocycles. The number of amides is 1. The number of aliphatic carboxylic acids is 2. The van der Waals surface area contributed by atoms with E-state index < -0.39 is 11.9 Å². The Bertz CT molecular complexity index is 945. The van der Waals surface area contributed by atoms with Crippen molar-refractivity contribution < 1.29 is 34.1 Å². The van der Waals surface area contributed by atoms with Crippen molar-refractivity contribution in [3.8, 4) is 11.5 Å². The fourth-order valence-corrected chi connectivity index (χ4v) is 3.73. The van der Waals surface area contributed by atoms with Crippen LogP contribution >= 0.6 is 0 Å². The van der Waals surface area contributed by atoms with E-state index in [4.69, 9.17) is 29.3 Å². The van der Waals surface area contributed by atoms with Crippen LogP contribution in [0, 0.1) is 5.92 Å². The predicted molar refractivity (Wildman–Crippen MR) is 126 cm³/mol. The number of hydrogen-bond donors (Lipinski definition) is 3. The quantitative estimate of drug-likeness (QED) is 0.525. The van der Waals surface area contributed by atoms with Gasteiger partial charge in [0.1, 0.15) is 11.5 Å². The highest BCUT2D eigenvalue weighted by molar-refractivity contribution is 6.27. The van der Waals surface area contributed by atoms with Crippen molar-refractivity contribution >= 4 is 17.8 Å². The van der Waals surface area contributed by atoms with E-state index in [0.717, 1.165) is 55.1 Å². The molecule has 2 aromatic carbocycles. The van der Waals surface area contributed by atoms with Crippen molar-refractivity contribution in [2.24, 2.45) is 5.92 Å². The van der Waals surface area contributed by atoms with Crippen LogP contribution in [-0.2, 0) is 20.9 Å². The Morgan fingerprint density at radius 2 is 1.62 bits per heavy atom. The fourth-order valence-electron chi connectivity index (χ4n) is 3.73. The summed E-state index contributed by atoms with van der Waals surface area (Å²) in [4.78, 5) is 33.2. The number of piperidine rings is 1. The zero-order valence-corrected chi connectivity index (χ0v) is 19.7. The van der Waals surface area contributed by atoms with Crippen LogP contribution < -0.4 is 14.8 Å². The lowest BCUT2D eigenvalue weighted by Crippen LogP contribution is -2.40. The maximum atomic E-state index is 12.7. The SMILES string of the molecule is COc1ccc(CN2CCC(C(=O)N[C@H](C)c3ccccc3)CC2)c(OC)c1.O=C(O)C(=O)O. The average Bonchev–Trinajstić information content (AvgIpc) is 2.85.